The fraction of sp³-hybridized carbons (Fsp3) is 0.533. The van der Waals surface area contributed by atoms with Crippen LogP contribution in [-0.2, 0) is 14.8 Å². The second kappa shape index (κ2) is 5.10. The Kier molecular flexibility index (Phi) is 3.53. The number of benzene rings is 1. The van der Waals surface area contributed by atoms with Crippen molar-refractivity contribution in [3.05, 3.63) is 29.8 Å². The van der Waals surface area contributed by atoms with Gasteiger partial charge in [0.1, 0.15) is 0 Å². The molecule has 1 aromatic carbocycles. The molecule has 2 unspecified atom stereocenters. The van der Waals surface area contributed by atoms with Gasteiger partial charge in [-0.05, 0) is 43.7 Å². The summed E-state index contributed by atoms with van der Waals surface area (Å²) in [6.45, 7) is 2.75. The third kappa shape index (κ3) is 2.58. The average molecular weight is 309 g/mol. The summed E-state index contributed by atoms with van der Waals surface area (Å²) in [4.78, 5) is 11.4. The van der Waals surface area contributed by atoms with Crippen molar-refractivity contribution in [2.45, 2.75) is 24.7 Å². The Morgan fingerprint density at radius 2 is 1.67 bits per heavy atom. The molecule has 1 aliphatic carbocycles. The van der Waals surface area contributed by atoms with Crippen LogP contribution in [0.3, 0.4) is 0 Å². The van der Waals surface area contributed by atoms with E-state index in [9.17, 15) is 13.2 Å². The van der Waals surface area contributed by atoms with E-state index in [0.717, 1.165) is 5.56 Å². The van der Waals surface area contributed by atoms with Gasteiger partial charge in [0.15, 0.2) is 0 Å². The van der Waals surface area contributed by atoms with Crippen LogP contribution in [0.15, 0.2) is 29.2 Å². The lowest BCUT2D eigenvalue weighted by molar-refractivity contribution is -0.139. The number of nitrogens with zero attached hydrogens (tertiary/aromatic N) is 1. The van der Waals surface area contributed by atoms with Crippen molar-refractivity contribution in [1.82, 2.24) is 4.31 Å². The van der Waals surface area contributed by atoms with Gasteiger partial charge < -0.3 is 5.11 Å². The van der Waals surface area contributed by atoms with Gasteiger partial charge in [-0.2, -0.15) is 4.31 Å². The number of hydrogen-bond acceptors (Lipinski definition) is 3. The van der Waals surface area contributed by atoms with Gasteiger partial charge in [0.2, 0.25) is 10.0 Å². The van der Waals surface area contributed by atoms with Gasteiger partial charge in [-0.25, -0.2) is 8.42 Å². The van der Waals surface area contributed by atoms with E-state index >= 15 is 0 Å². The molecule has 3 rings (SSSR count). The molecule has 1 saturated carbocycles. The maximum atomic E-state index is 12.6. The summed E-state index contributed by atoms with van der Waals surface area (Å²) in [6.07, 6.45) is 1.29. The van der Waals surface area contributed by atoms with E-state index in [1.165, 1.54) is 4.31 Å². The molecular weight excluding hydrogens is 290 g/mol. The largest absolute Gasteiger partial charge is 0.481 e. The van der Waals surface area contributed by atoms with Crippen molar-refractivity contribution >= 4 is 16.0 Å². The normalized spacial score (nSPS) is 29.5. The summed E-state index contributed by atoms with van der Waals surface area (Å²) in [5.41, 5.74) is 1.02. The fourth-order valence-electron chi connectivity index (χ4n) is 3.40. The summed E-state index contributed by atoms with van der Waals surface area (Å²) < 4.78 is 26.7. The highest BCUT2D eigenvalue weighted by atomic mass is 32.2. The molecule has 0 radical (unpaired) electrons. The molecule has 2 aliphatic rings. The third-order valence-electron chi connectivity index (χ3n) is 4.70. The van der Waals surface area contributed by atoms with Crippen LogP contribution < -0.4 is 0 Å². The molecular formula is C15H19NO4S. The highest BCUT2D eigenvalue weighted by molar-refractivity contribution is 7.89. The summed E-state index contributed by atoms with van der Waals surface area (Å²) in [5.74, 6) is -0.685. The molecule has 0 spiro atoms. The first-order chi connectivity index (χ1) is 9.91. The molecule has 1 saturated heterocycles. The highest BCUT2D eigenvalue weighted by Crippen LogP contribution is 2.52. The SMILES string of the molecule is Cc1ccc(S(=O)(=O)N2CCC3C(CC2)C3C(=O)O)cc1. The first kappa shape index (κ1) is 14.5. The number of rotatable bonds is 3. The highest BCUT2D eigenvalue weighted by Gasteiger charge is 2.55. The molecule has 21 heavy (non-hydrogen) atoms. The lowest BCUT2D eigenvalue weighted by Crippen LogP contribution is -2.33. The molecule has 1 aliphatic heterocycles. The number of hydrogen-bond donors (Lipinski definition) is 1. The van der Waals surface area contributed by atoms with Gasteiger partial charge in [-0.3, -0.25) is 4.79 Å². The van der Waals surface area contributed by atoms with Crippen LogP contribution in [0.2, 0.25) is 0 Å². The molecule has 1 aromatic rings. The molecule has 2 atom stereocenters. The van der Waals surface area contributed by atoms with Crippen molar-refractivity contribution in [3.8, 4) is 0 Å². The van der Waals surface area contributed by atoms with E-state index in [4.69, 9.17) is 5.11 Å². The van der Waals surface area contributed by atoms with Crippen molar-refractivity contribution in [3.63, 3.8) is 0 Å². The van der Waals surface area contributed by atoms with Crippen LogP contribution in [0.5, 0.6) is 0 Å². The summed E-state index contributed by atoms with van der Waals surface area (Å²) in [7, 11) is -3.46. The Morgan fingerprint density at radius 3 is 2.14 bits per heavy atom. The Balaban J connectivity index is 1.74. The smallest absolute Gasteiger partial charge is 0.307 e. The maximum absolute atomic E-state index is 12.6. The average Bonchev–Trinajstić information content (AvgIpc) is 3.13. The second-order valence-electron chi connectivity index (χ2n) is 5.99. The molecule has 0 bridgehead atoms. The predicted octanol–water partition coefficient (Wildman–Crippen LogP) is 1.73. The van der Waals surface area contributed by atoms with Crippen molar-refractivity contribution in [1.29, 1.82) is 0 Å². The van der Waals surface area contributed by atoms with E-state index in [0.29, 0.717) is 30.8 Å². The molecule has 0 aromatic heterocycles. The molecule has 5 nitrogen and oxygen atoms in total. The first-order valence-corrected chi connectivity index (χ1v) is 8.65. The lowest BCUT2D eigenvalue weighted by atomic mass is 10.2. The third-order valence-corrected chi connectivity index (χ3v) is 6.61. The van der Waals surface area contributed by atoms with Crippen LogP contribution in [0.4, 0.5) is 0 Å². The molecule has 1 N–H and O–H groups in total. The van der Waals surface area contributed by atoms with E-state index in [1.54, 1.807) is 24.3 Å². The zero-order valence-electron chi connectivity index (χ0n) is 11.9. The van der Waals surface area contributed by atoms with Crippen molar-refractivity contribution in [2.75, 3.05) is 13.1 Å². The number of sulfonamides is 1. The standard InChI is InChI=1S/C15H19NO4S/c1-10-2-4-11(5-3-10)21(19,20)16-8-6-12-13(7-9-16)14(12)15(17)18/h2-5,12-14H,6-9H2,1H3,(H,17,18). The topological polar surface area (TPSA) is 74.7 Å². The van der Waals surface area contributed by atoms with Crippen molar-refractivity contribution < 1.29 is 18.3 Å². The first-order valence-electron chi connectivity index (χ1n) is 7.21. The van der Waals surface area contributed by atoms with Crippen LogP contribution in [-0.4, -0.2) is 36.9 Å². The van der Waals surface area contributed by atoms with Crippen LogP contribution in [0.1, 0.15) is 18.4 Å². The summed E-state index contributed by atoms with van der Waals surface area (Å²) in [5, 5.41) is 9.07. The number of aliphatic carboxylic acids is 1. The monoisotopic (exact) mass is 309 g/mol. The van der Waals surface area contributed by atoms with Crippen LogP contribution in [0, 0.1) is 24.7 Å². The minimum Gasteiger partial charge on any atom is -0.481 e. The minimum atomic E-state index is -3.46. The number of fused-ring (bicyclic) bond motifs is 1. The zero-order chi connectivity index (χ0) is 15.2. The molecule has 1 heterocycles. The van der Waals surface area contributed by atoms with Gasteiger partial charge in [-0.15, -0.1) is 0 Å². The quantitative estimate of drug-likeness (QED) is 0.922. The zero-order valence-corrected chi connectivity index (χ0v) is 12.7. The summed E-state index contributed by atoms with van der Waals surface area (Å²) >= 11 is 0. The Bertz CT molecular complexity index is 639. The number of carbonyl (C=O) groups is 1. The van der Waals surface area contributed by atoms with Gasteiger partial charge in [0.05, 0.1) is 10.8 Å². The molecule has 6 heteroatoms. The number of carboxylic acid groups (broad SMARTS) is 1. The van der Waals surface area contributed by atoms with E-state index < -0.39 is 16.0 Å². The van der Waals surface area contributed by atoms with E-state index in [-0.39, 0.29) is 17.8 Å². The lowest BCUT2D eigenvalue weighted by Gasteiger charge is -2.21. The van der Waals surface area contributed by atoms with Gasteiger partial charge in [0, 0.05) is 13.1 Å². The van der Waals surface area contributed by atoms with Crippen LogP contribution >= 0.6 is 0 Å². The van der Waals surface area contributed by atoms with Crippen LogP contribution in [0.25, 0.3) is 0 Å². The predicted molar refractivity (Wildman–Crippen MR) is 77.3 cm³/mol. The molecule has 2 fully saturated rings. The Morgan fingerprint density at radius 1 is 1.14 bits per heavy atom. The van der Waals surface area contributed by atoms with Gasteiger partial charge in [-0.1, -0.05) is 17.7 Å². The van der Waals surface area contributed by atoms with E-state index in [2.05, 4.69) is 0 Å². The van der Waals surface area contributed by atoms with Gasteiger partial charge in [0.25, 0.3) is 0 Å². The number of carboxylic acids is 1. The van der Waals surface area contributed by atoms with E-state index in [1.807, 2.05) is 6.92 Å². The fourth-order valence-corrected chi connectivity index (χ4v) is 4.87. The minimum absolute atomic E-state index is 0.153. The van der Waals surface area contributed by atoms with Crippen molar-refractivity contribution in [2.24, 2.45) is 17.8 Å². The molecule has 0 amide bonds. The molecule has 114 valence electrons. The van der Waals surface area contributed by atoms with Gasteiger partial charge >= 0.3 is 5.97 Å². The second-order valence-corrected chi connectivity index (χ2v) is 7.92. The Labute approximate surface area is 124 Å². The number of aryl methyl sites for hydroxylation is 1. The maximum Gasteiger partial charge on any atom is 0.307 e. The summed E-state index contributed by atoms with van der Waals surface area (Å²) in [6, 6.07) is 6.86. The Hall–Kier alpha value is -1.40.